The summed E-state index contributed by atoms with van der Waals surface area (Å²) in [5.41, 5.74) is 4.83. The number of halogens is 4. The molecule has 0 fully saturated rings. The molecular formula is C8H9F4N3O2S. The van der Waals surface area contributed by atoms with Crippen molar-refractivity contribution >= 4 is 21.6 Å². The molecule has 1 rings (SSSR count). The number of nitrogens with one attached hydrogen (secondary N) is 2. The van der Waals surface area contributed by atoms with Crippen molar-refractivity contribution in [3.63, 3.8) is 0 Å². The minimum Gasteiger partial charge on any atom is -0.397 e. The number of benzene rings is 1. The van der Waals surface area contributed by atoms with Crippen LogP contribution in [-0.4, -0.2) is 21.1 Å². The fourth-order valence-electron chi connectivity index (χ4n) is 0.984. The van der Waals surface area contributed by atoms with Crippen LogP contribution in [0.3, 0.4) is 0 Å². The highest BCUT2D eigenvalue weighted by Gasteiger charge is 2.29. The molecule has 1 aromatic carbocycles. The third-order valence-electron chi connectivity index (χ3n) is 1.72. The Labute approximate surface area is 100 Å². The summed E-state index contributed by atoms with van der Waals surface area (Å²) in [6, 6.07) is 2.75. The van der Waals surface area contributed by atoms with Crippen molar-refractivity contribution < 1.29 is 26.0 Å². The highest BCUT2D eigenvalue weighted by Crippen LogP contribution is 2.20. The van der Waals surface area contributed by atoms with E-state index >= 15 is 0 Å². The first kappa shape index (κ1) is 14.5. The number of anilines is 2. The fraction of sp³-hybridized carbons (Fsp3) is 0.250. The molecule has 4 N–H and O–H groups in total. The molecule has 0 bridgehead atoms. The topological polar surface area (TPSA) is 84.2 Å². The lowest BCUT2D eigenvalue weighted by Crippen LogP contribution is -2.37. The summed E-state index contributed by atoms with van der Waals surface area (Å²) >= 11 is 0. The maximum Gasteiger partial charge on any atom is 0.402 e. The lowest BCUT2D eigenvalue weighted by molar-refractivity contribution is -0.121. The molecule has 102 valence electrons. The predicted octanol–water partition coefficient (Wildman–Crippen LogP) is 1.22. The van der Waals surface area contributed by atoms with Crippen LogP contribution in [0, 0.1) is 5.82 Å². The Morgan fingerprint density at radius 3 is 2.39 bits per heavy atom. The maximum absolute atomic E-state index is 12.7. The van der Waals surface area contributed by atoms with Gasteiger partial charge in [0.15, 0.2) is 0 Å². The predicted molar refractivity (Wildman–Crippen MR) is 57.4 cm³/mol. The number of nitrogen functional groups attached to an aromatic ring is 1. The summed E-state index contributed by atoms with van der Waals surface area (Å²) in [5.74, 6) is -0.696. The minimum atomic E-state index is -4.68. The molecule has 1 aromatic rings. The quantitative estimate of drug-likeness (QED) is 0.575. The van der Waals surface area contributed by atoms with Gasteiger partial charge >= 0.3 is 6.18 Å². The van der Waals surface area contributed by atoms with E-state index in [4.69, 9.17) is 5.73 Å². The Balaban J connectivity index is 2.77. The SMILES string of the molecule is Nc1cc(F)ccc1NS(=O)(=O)NCC(F)(F)F. The van der Waals surface area contributed by atoms with Crippen molar-refractivity contribution in [1.29, 1.82) is 0 Å². The Morgan fingerprint density at radius 1 is 1.28 bits per heavy atom. The van der Waals surface area contributed by atoms with Crippen LogP contribution in [0.2, 0.25) is 0 Å². The van der Waals surface area contributed by atoms with E-state index in [1.54, 1.807) is 4.72 Å². The van der Waals surface area contributed by atoms with Crippen molar-refractivity contribution in [2.75, 3.05) is 17.0 Å². The van der Waals surface area contributed by atoms with Crippen LogP contribution in [0.4, 0.5) is 28.9 Å². The van der Waals surface area contributed by atoms with E-state index in [2.05, 4.69) is 0 Å². The molecule has 0 unspecified atom stereocenters. The molecule has 0 aliphatic rings. The molecule has 0 amide bonds. The molecule has 0 atom stereocenters. The van der Waals surface area contributed by atoms with Gasteiger partial charge in [0.2, 0.25) is 0 Å². The second-order valence-electron chi connectivity index (χ2n) is 3.27. The monoisotopic (exact) mass is 287 g/mol. The van der Waals surface area contributed by atoms with Gasteiger partial charge in [-0.1, -0.05) is 0 Å². The van der Waals surface area contributed by atoms with Gasteiger partial charge in [0.1, 0.15) is 12.4 Å². The Bertz CT molecular complexity index is 530. The normalized spacial score (nSPS) is 12.4. The first-order valence-electron chi connectivity index (χ1n) is 4.48. The summed E-state index contributed by atoms with van der Waals surface area (Å²) in [4.78, 5) is 0. The summed E-state index contributed by atoms with van der Waals surface area (Å²) < 4.78 is 73.6. The molecule has 0 aliphatic carbocycles. The first-order chi connectivity index (χ1) is 8.09. The second-order valence-corrected chi connectivity index (χ2v) is 4.77. The lowest BCUT2D eigenvalue weighted by Gasteiger charge is -2.12. The van der Waals surface area contributed by atoms with E-state index in [1.807, 2.05) is 0 Å². The van der Waals surface area contributed by atoms with Gasteiger partial charge in [-0.2, -0.15) is 26.3 Å². The summed E-state index contributed by atoms with van der Waals surface area (Å²) in [7, 11) is -4.43. The van der Waals surface area contributed by atoms with Crippen LogP contribution in [0.5, 0.6) is 0 Å². The van der Waals surface area contributed by atoms with Crippen LogP contribution < -0.4 is 15.2 Å². The number of alkyl halides is 3. The van der Waals surface area contributed by atoms with E-state index in [0.29, 0.717) is 0 Å². The Morgan fingerprint density at radius 2 is 1.89 bits per heavy atom. The second kappa shape index (κ2) is 4.98. The van der Waals surface area contributed by atoms with Gasteiger partial charge in [0.05, 0.1) is 11.4 Å². The van der Waals surface area contributed by atoms with Crippen LogP contribution >= 0.6 is 0 Å². The zero-order valence-electron chi connectivity index (χ0n) is 8.75. The van der Waals surface area contributed by atoms with E-state index in [0.717, 1.165) is 18.2 Å². The van der Waals surface area contributed by atoms with Crippen molar-refractivity contribution in [3.05, 3.63) is 24.0 Å². The highest BCUT2D eigenvalue weighted by molar-refractivity contribution is 7.90. The largest absolute Gasteiger partial charge is 0.402 e. The Hall–Kier alpha value is -1.55. The summed E-state index contributed by atoms with van der Waals surface area (Å²) in [6.07, 6.45) is -4.68. The van der Waals surface area contributed by atoms with Crippen LogP contribution in [0.1, 0.15) is 0 Å². The van der Waals surface area contributed by atoms with Gasteiger partial charge in [0, 0.05) is 0 Å². The average molecular weight is 287 g/mol. The third kappa shape index (κ3) is 4.75. The highest BCUT2D eigenvalue weighted by atomic mass is 32.2. The van der Waals surface area contributed by atoms with Crippen LogP contribution in [0.25, 0.3) is 0 Å². The minimum absolute atomic E-state index is 0.217. The molecule has 10 heteroatoms. The van der Waals surface area contributed by atoms with E-state index in [1.165, 1.54) is 4.72 Å². The molecule has 0 aromatic heterocycles. The molecule has 5 nitrogen and oxygen atoms in total. The number of hydrogen-bond acceptors (Lipinski definition) is 3. The number of rotatable bonds is 4. The molecule has 0 radical (unpaired) electrons. The average Bonchev–Trinajstić information content (AvgIpc) is 2.19. The number of nitrogens with two attached hydrogens (primary N) is 1. The molecule has 18 heavy (non-hydrogen) atoms. The molecule has 0 aliphatic heterocycles. The van der Waals surface area contributed by atoms with Crippen molar-refractivity contribution in [1.82, 2.24) is 4.72 Å². The molecule has 0 saturated carbocycles. The number of hydrogen-bond donors (Lipinski definition) is 3. The lowest BCUT2D eigenvalue weighted by atomic mass is 10.3. The molecule has 0 saturated heterocycles. The van der Waals surface area contributed by atoms with Crippen molar-refractivity contribution in [3.8, 4) is 0 Å². The van der Waals surface area contributed by atoms with Gasteiger partial charge < -0.3 is 5.73 Å². The van der Waals surface area contributed by atoms with Gasteiger partial charge in [-0.05, 0) is 18.2 Å². The van der Waals surface area contributed by atoms with E-state index in [-0.39, 0.29) is 11.4 Å². The molecule has 0 heterocycles. The first-order valence-corrected chi connectivity index (χ1v) is 5.96. The van der Waals surface area contributed by atoms with Gasteiger partial charge in [0.25, 0.3) is 10.2 Å². The summed E-state index contributed by atoms with van der Waals surface area (Å²) in [6.45, 7) is -1.72. The smallest absolute Gasteiger partial charge is 0.397 e. The van der Waals surface area contributed by atoms with E-state index in [9.17, 15) is 26.0 Å². The third-order valence-corrected chi connectivity index (χ3v) is 2.73. The zero-order chi connectivity index (χ0) is 14.0. The van der Waals surface area contributed by atoms with Crippen LogP contribution in [0.15, 0.2) is 18.2 Å². The summed E-state index contributed by atoms with van der Waals surface area (Å²) in [5, 5.41) is 0. The van der Waals surface area contributed by atoms with Crippen molar-refractivity contribution in [2.24, 2.45) is 0 Å². The molecular weight excluding hydrogens is 278 g/mol. The van der Waals surface area contributed by atoms with Gasteiger partial charge in [-0.25, -0.2) is 4.39 Å². The van der Waals surface area contributed by atoms with Crippen LogP contribution in [-0.2, 0) is 10.2 Å². The van der Waals surface area contributed by atoms with Gasteiger partial charge in [-0.15, -0.1) is 0 Å². The molecule has 0 spiro atoms. The standard InChI is InChI=1S/C8H9F4N3O2S/c9-5-1-2-7(6(13)3-5)15-18(16,17)14-4-8(10,11)12/h1-3,14-15H,4,13H2. The zero-order valence-corrected chi connectivity index (χ0v) is 9.57. The maximum atomic E-state index is 12.7. The fourth-order valence-corrected chi connectivity index (χ4v) is 1.89. The van der Waals surface area contributed by atoms with Gasteiger partial charge in [-0.3, -0.25) is 4.72 Å². The van der Waals surface area contributed by atoms with Crippen molar-refractivity contribution in [2.45, 2.75) is 6.18 Å². The van der Waals surface area contributed by atoms with E-state index < -0.39 is 28.7 Å². The Kier molecular flexibility index (Phi) is 4.02.